The molecule has 0 spiro atoms. The van der Waals surface area contributed by atoms with Crippen LogP contribution in [-0.4, -0.2) is 17.0 Å². The first-order chi connectivity index (χ1) is 22.3. The Bertz CT molecular complexity index is 2530. The van der Waals surface area contributed by atoms with Gasteiger partial charge in [0, 0.05) is 36.9 Å². The summed E-state index contributed by atoms with van der Waals surface area (Å²) in [5.41, 5.74) is 7.65. The second kappa shape index (κ2) is 10.4. The number of fused-ring (bicyclic) bond motifs is 9. The van der Waals surface area contributed by atoms with Gasteiger partial charge in [-0.15, -0.1) is 11.3 Å². The third-order valence-electron chi connectivity index (χ3n) is 9.25. The van der Waals surface area contributed by atoms with E-state index in [0.717, 1.165) is 35.4 Å². The lowest BCUT2D eigenvalue weighted by atomic mass is 9.97. The molecule has 2 aromatic heterocycles. The van der Waals surface area contributed by atoms with Crippen molar-refractivity contribution in [2.45, 2.75) is 19.5 Å². The number of thiophene rings is 1. The molecule has 2 aliphatic rings. The van der Waals surface area contributed by atoms with Crippen LogP contribution in [0.3, 0.4) is 0 Å². The summed E-state index contributed by atoms with van der Waals surface area (Å²) in [6.45, 7) is 4.46. The Morgan fingerprint density at radius 1 is 0.733 bits per heavy atom. The number of para-hydroxylation sites is 1. The molecule has 0 radical (unpaired) electrons. The maximum atomic E-state index is 5.25. The molecule has 2 heterocycles. The number of aliphatic imine (C=N–C) groups is 2. The Balaban J connectivity index is 1.21. The third kappa shape index (κ3) is 4.17. The van der Waals surface area contributed by atoms with Crippen molar-refractivity contribution >= 4 is 89.0 Å². The van der Waals surface area contributed by atoms with Crippen LogP contribution in [0.2, 0.25) is 0 Å². The number of allylic oxidation sites excluding steroid dienone is 6. The van der Waals surface area contributed by atoms with E-state index in [1.165, 1.54) is 63.9 Å². The fraction of sp³-hybridized carbons (Fsp3) is 0.0732. The van der Waals surface area contributed by atoms with E-state index in [2.05, 4.69) is 132 Å². The number of aromatic nitrogens is 1. The molecule has 0 fully saturated rings. The molecule has 7 aromatic rings. The third-order valence-corrected chi connectivity index (χ3v) is 10.5. The van der Waals surface area contributed by atoms with E-state index >= 15 is 0 Å². The predicted molar refractivity (Wildman–Crippen MR) is 196 cm³/mol. The van der Waals surface area contributed by atoms with E-state index < -0.39 is 0 Å². The molecule has 214 valence electrons. The molecule has 9 rings (SSSR count). The van der Waals surface area contributed by atoms with Crippen LogP contribution in [-0.2, 0) is 13.1 Å². The van der Waals surface area contributed by atoms with Gasteiger partial charge in [-0.2, -0.15) is 0 Å². The fourth-order valence-corrected chi connectivity index (χ4v) is 8.39. The van der Waals surface area contributed by atoms with Crippen molar-refractivity contribution in [3.8, 4) is 0 Å². The Hall–Kier alpha value is -5.32. The Labute approximate surface area is 265 Å². The average molecular weight is 596 g/mol. The summed E-state index contributed by atoms with van der Waals surface area (Å²) in [4.78, 5) is 11.2. The highest BCUT2D eigenvalue weighted by Gasteiger charge is 2.18. The first-order valence-electron chi connectivity index (χ1n) is 15.4. The zero-order valence-electron chi connectivity index (χ0n) is 24.7. The molecule has 0 unspecified atom stereocenters. The maximum absolute atomic E-state index is 5.25. The Kier molecular flexibility index (Phi) is 6.03. The highest BCUT2D eigenvalue weighted by atomic mass is 32.1. The highest BCUT2D eigenvalue weighted by molar-refractivity contribution is 7.21. The zero-order chi connectivity index (χ0) is 29.9. The minimum absolute atomic E-state index is 0.494. The molecule has 0 saturated carbocycles. The van der Waals surface area contributed by atoms with Crippen molar-refractivity contribution in [2.24, 2.45) is 9.98 Å². The number of hydrogen-bond acceptors (Lipinski definition) is 3. The minimum atomic E-state index is 0.494. The second-order valence-corrected chi connectivity index (χ2v) is 12.8. The molecular formula is C41H29N3S. The first-order valence-corrected chi connectivity index (χ1v) is 16.2. The number of rotatable bonds is 4. The Morgan fingerprint density at radius 3 is 2.51 bits per heavy atom. The van der Waals surface area contributed by atoms with Gasteiger partial charge in [0.2, 0.25) is 0 Å². The van der Waals surface area contributed by atoms with Gasteiger partial charge in [0.1, 0.15) is 6.67 Å². The lowest BCUT2D eigenvalue weighted by molar-refractivity contribution is 0.794. The van der Waals surface area contributed by atoms with E-state index in [4.69, 9.17) is 4.99 Å². The zero-order valence-corrected chi connectivity index (χ0v) is 25.5. The average Bonchev–Trinajstić information content (AvgIpc) is 3.63. The quantitative estimate of drug-likeness (QED) is 0.181. The maximum Gasteiger partial charge on any atom is 0.115 e. The molecule has 0 amide bonds. The number of nitrogens with zero attached hydrogens (tertiary/aromatic N) is 3. The molecule has 4 heteroatoms. The van der Waals surface area contributed by atoms with Gasteiger partial charge in [-0.25, -0.2) is 0 Å². The summed E-state index contributed by atoms with van der Waals surface area (Å²) >= 11 is 1.93. The van der Waals surface area contributed by atoms with Gasteiger partial charge in [-0.05, 0) is 83.1 Å². The van der Waals surface area contributed by atoms with Crippen molar-refractivity contribution in [3.63, 3.8) is 0 Å². The van der Waals surface area contributed by atoms with Gasteiger partial charge >= 0.3 is 0 Å². The monoisotopic (exact) mass is 595 g/mol. The number of benzene rings is 5. The fourth-order valence-electron chi connectivity index (χ4n) is 7.08. The van der Waals surface area contributed by atoms with Gasteiger partial charge in [-0.3, -0.25) is 9.98 Å². The molecule has 45 heavy (non-hydrogen) atoms. The molecular weight excluding hydrogens is 567 g/mol. The van der Waals surface area contributed by atoms with Crippen LogP contribution in [0.1, 0.15) is 22.4 Å². The summed E-state index contributed by atoms with van der Waals surface area (Å²) in [5, 5.41) is 8.91. The van der Waals surface area contributed by atoms with E-state index in [1.54, 1.807) is 0 Å². The van der Waals surface area contributed by atoms with E-state index in [0.29, 0.717) is 6.67 Å². The standard InChI is InChI=1S/C41H29N3S/c1-42-40(29-19-18-26-10-2-3-11-27(26)22-29)33-14-4-7-15-36(33)43-25-44-37-16-8-5-12-30(37)35-23-28-20-21-32-31-13-6-9-17-39(31)45-41(32)34(28)24-38(35)44/h2-5,7-12,14-24H,1,6,13,25H2/b40-33-,43-36-. The van der Waals surface area contributed by atoms with Crippen LogP contribution in [0, 0.1) is 0 Å². The van der Waals surface area contributed by atoms with Crippen LogP contribution in [0.25, 0.3) is 65.2 Å². The molecule has 2 aliphatic carbocycles. The van der Waals surface area contributed by atoms with Crippen LogP contribution in [0.4, 0.5) is 0 Å². The lowest BCUT2D eigenvalue weighted by Crippen LogP contribution is -2.06. The van der Waals surface area contributed by atoms with Crippen molar-refractivity contribution in [1.29, 1.82) is 0 Å². The lowest BCUT2D eigenvalue weighted by Gasteiger charge is -2.14. The largest absolute Gasteiger partial charge is 0.320 e. The summed E-state index contributed by atoms with van der Waals surface area (Å²) in [6.07, 6.45) is 15.1. The predicted octanol–water partition coefficient (Wildman–Crippen LogP) is 10.9. The summed E-state index contributed by atoms with van der Waals surface area (Å²) < 4.78 is 3.75. The first kappa shape index (κ1) is 26.1. The van der Waals surface area contributed by atoms with Crippen molar-refractivity contribution < 1.29 is 0 Å². The molecule has 3 nitrogen and oxygen atoms in total. The van der Waals surface area contributed by atoms with E-state index in [1.807, 2.05) is 23.5 Å². The second-order valence-electron chi connectivity index (χ2n) is 11.7. The van der Waals surface area contributed by atoms with Gasteiger partial charge in [-0.1, -0.05) is 91.0 Å². The summed E-state index contributed by atoms with van der Waals surface area (Å²) in [6, 6.07) is 33.0. The van der Waals surface area contributed by atoms with E-state index in [-0.39, 0.29) is 0 Å². The van der Waals surface area contributed by atoms with Gasteiger partial charge in [0.05, 0.1) is 22.4 Å². The van der Waals surface area contributed by atoms with Gasteiger partial charge in [0.15, 0.2) is 0 Å². The number of aryl methyl sites for hydroxylation is 1. The molecule has 0 bridgehead atoms. The topological polar surface area (TPSA) is 29.6 Å². The molecule has 0 saturated heterocycles. The van der Waals surface area contributed by atoms with Crippen LogP contribution in [0.5, 0.6) is 0 Å². The molecule has 0 atom stereocenters. The van der Waals surface area contributed by atoms with Crippen molar-refractivity contribution in [3.05, 3.63) is 143 Å². The normalized spacial score (nSPS) is 16.5. The highest BCUT2D eigenvalue weighted by Crippen LogP contribution is 2.42. The SMILES string of the molecule is C=N/C(=C1/C=CC=C/C1=N/Cn1c2ccccc2c2cc3ccc4c5c(sc4c3cc21)C=CCC5)c1ccc2ccccc2c1. The Morgan fingerprint density at radius 2 is 1.58 bits per heavy atom. The van der Waals surface area contributed by atoms with Crippen LogP contribution in [0.15, 0.2) is 137 Å². The molecule has 0 aliphatic heterocycles. The number of hydrogen-bond donors (Lipinski definition) is 0. The smallest absolute Gasteiger partial charge is 0.115 e. The van der Waals surface area contributed by atoms with Crippen LogP contribution >= 0.6 is 11.3 Å². The van der Waals surface area contributed by atoms with Crippen molar-refractivity contribution in [1.82, 2.24) is 4.57 Å². The molecule has 5 aromatic carbocycles. The summed E-state index contributed by atoms with van der Waals surface area (Å²) in [5.74, 6) is 0. The summed E-state index contributed by atoms with van der Waals surface area (Å²) in [7, 11) is 0. The van der Waals surface area contributed by atoms with Crippen molar-refractivity contribution in [2.75, 3.05) is 0 Å². The van der Waals surface area contributed by atoms with E-state index in [9.17, 15) is 0 Å². The van der Waals surface area contributed by atoms with Gasteiger partial charge < -0.3 is 4.57 Å². The van der Waals surface area contributed by atoms with Gasteiger partial charge in [0.25, 0.3) is 0 Å². The minimum Gasteiger partial charge on any atom is -0.320 e. The van der Waals surface area contributed by atoms with Crippen LogP contribution < -0.4 is 0 Å². The molecule has 0 N–H and O–H groups in total.